The fourth-order valence-electron chi connectivity index (χ4n) is 3.75. The van der Waals surface area contributed by atoms with Gasteiger partial charge in [-0.05, 0) is 12.1 Å². The van der Waals surface area contributed by atoms with Gasteiger partial charge in [-0.1, -0.05) is 28.6 Å². The van der Waals surface area contributed by atoms with Crippen molar-refractivity contribution in [3.8, 4) is 0 Å². The minimum absolute atomic E-state index is 0.0375. The van der Waals surface area contributed by atoms with Crippen LogP contribution in [-0.2, 0) is 24.4 Å². The number of piperazine rings is 1. The van der Waals surface area contributed by atoms with Gasteiger partial charge in [0.1, 0.15) is 0 Å². The van der Waals surface area contributed by atoms with Crippen LogP contribution in [-0.4, -0.2) is 105 Å². The molecule has 200 valence electrons. The first kappa shape index (κ1) is 26.9. The van der Waals surface area contributed by atoms with Crippen LogP contribution in [0.4, 0.5) is 14.3 Å². The molecule has 2 aliphatic rings. The quantitative estimate of drug-likeness (QED) is 0.404. The second-order valence-electron chi connectivity index (χ2n) is 8.55. The van der Waals surface area contributed by atoms with E-state index in [1.165, 1.54) is 33.5 Å². The predicted octanol–water partition coefficient (Wildman–Crippen LogP) is 1.42. The Morgan fingerprint density at radius 1 is 1.22 bits per heavy atom. The SMILES string of the molecule is CN(C)C(=O)N1CCN(S(=O)(=O)c2ccc(C(=NO[C@@H]3CCOC3)C(=O)Nc3ncc(F)s3)cc2)CC1. The number of halogens is 1. The minimum Gasteiger partial charge on any atom is -0.389 e. The Balaban J connectivity index is 1.50. The van der Waals surface area contributed by atoms with Crippen LogP contribution >= 0.6 is 11.3 Å². The van der Waals surface area contributed by atoms with E-state index in [-0.39, 0.29) is 54.1 Å². The molecule has 37 heavy (non-hydrogen) atoms. The van der Waals surface area contributed by atoms with Crippen molar-refractivity contribution >= 4 is 44.1 Å². The third-order valence-electron chi connectivity index (χ3n) is 5.75. The first-order chi connectivity index (χ1) is 17.6. The van der Waals surface area contributed by atoms with Gasteiger partial charge in [0.25, 0.3) is 5.91 Å². The molecule has 3 heterocycles. The number of hydrogen-bond donors (Lipinski definition) is 1. The van der Waals surface area contributed by atoms with Gasteiger partial charge >= 0.3 is 6.03 Å². The number of anilines is 1. The maximum Gasteiger partial charge on any atom is 0.319 e. The lowest BCUT2D eigenvalue weighted by Gasteiger charge is -2.35. The third-order valence-corrected chi connectivity index (χ3v) is 8.37. The molecule has 2 saturated heterocycles. The summed E-state index contributed by atoms with van der Waals surface area (Å²) in [5.41, 5.74) is 0.177. The summed E-state index contributed by atoms with van der Waals surface area (Å²) in [5, 5.41) is 5.97. The van der Waals surface area contributed by atoms with Crippen molar-refractivity contribution in [3.63, 3.8) is 0 Å². The second kappa shape index (κ2) is 11.5. The molecule has 2 fully saturated rings. The van der Waals surface area contributed by atoms with E-state index in [4.69, 9.17) is 9.57 Å². The standard InChI is InChI=1S/C22H27FN6O6S2/c1-27(2)22(31)28-8-10-29(11-9-28)37(32,33)17-5-3-15(4-6-17)19(26-35-16-7-12-34-14-16)20(30)25-21-24-13-18(23)36-21/h3-6,13,16H,7-12,14H2,1-2H3,(H,24,25,30)/t16-/m1/s1. The lowest BCUT2D eigenvalue weighted by Crippen LogP contribution is -2.52. The third kappa shape index (κ3) is 6.41. The van der Waals surface area contributed by atoms with Crippen LogP contribution in [0.2, 0.25) is 0 Å². The fraction of sp³-hybridized carbons (Fsp3) is 0.455. The molecule has 0 saturated carbocycles. The van der Waals surface area contributed by atoms with Crippen molar-refractivity contribution < 1.29 is 32.0 Å². The molecule has 0 bridgehead atoms. The largest absolute Gasteiger partial charge is 0.389 e. The zero-order valence-corrected chi connectivity index (χ0v) is 21.9. The van der Waals surface area contributed by atoms with E-state index >= 15 is 0 Å². The molecule has 1 N–H and O–H groups in total. The number of aromatic nitrogens is 1. The van der Waals surface area contributed by atoms with E-state index in [0.29, 0.717) is 36.5 Å². The van der Waals surface area contributed by atoms with Crippen LogP contribution in [0.15, 0.2) is 40.5 Å². The summed E-state index contributed by atoms with van der Waals surface area (Å²) in [6.07, 6.45) is 1.28. The number of amides is 3. The summed E-state index contributed by atoms with van der Waals surface area (Å²) in [7, 11) is -0.531. The van der Waals surface area contributed by atoms with Crippen LogP contribution in [0.3, 0.4) is 0 Å². The smallest absolute Gasteiger partial charge is 0.319 e. The molecule has 4 rings (SSSR count). The summed E-state index contributed by atoms with van der Waals surface area (Å²) in [5.74, 6) is -0.689. The number of nitrogens with zero attached hydrogens (tertiary/aromatic N) is 5. The molecule has 0 spiro atoms. The molecule has 0 radical (unpaired) electrons. The number of urea groups is 1. The summed E-state index contributed by atoms with van der Waals surface area (Å²) < 4.78 is 46.2. The van der Waals surface area contributed by atoms with Gasteiger partial charge in [0.05, 0.1) is 24.3 Å². The topological polar surface area (TPSA) is 134 Å². The van der Waals surface area contributed by atoms with Gasteiger partial charge in [-0.15, -0.1) is 0 Å². The Morgan fingerprint density at radius 2 is 1.92 bits per heavy atom. The number of nitrogens with one attached hydrogen (secondary N) is 1. The van der Waals surface area contributed by atoms with Gasteiger partial charge in [-0.3, -0.25) is 10.1 Å². The van der Waals surface area contributed by atoms with Crippen molar-refractivity contribution in [2.45, 2.75) is 17.4 Å². The zero-order valence-electron chi connectivity index (χ0n) is 20.3. The number of carbonyl (C=O) groups excluding carboxylic acids is 2. The summed E-state index contributed by atoms with van der Waals surface area (Å²) >= 11 is 0.660. The first-order valence-corrected chi connectivity index (χ1v) is 13.7. The average molecular weight is 555 g/mol. The predicted molar refractivity (Wildman–Crippen MR) is 133 cm³/mol. The van der Waals surface area contributed by atoms with Crippen LogP contribution in [0.1, 0.15) is 12.0 Å². The van der Waals surface area contributed by atoms with Crippen molar-refractivity contribution in [1.82, 2.24) is 19.1 Å². The van der Waals surface area contributed by atoms with Crippen LogP contribution in [0.5, 0.6) is 0 Å². The minimum atomic E-state index is -3.82. The maximum absolute atomic E-state index is 13.3. The average Bonchev–Trinajstić information content (AvgIpc) is 3.55. The highest BCUT2D eigenvalue weighted by atomic mass is 32.2. The van der Waals surface area contributed by atoms with Crippen LogP contribution < -0.4 is 5.32 Å². The van der Waals surface area contributed by atoms with Gasteiger partial charge in [0.15, 0.2) is 22.1 Å². The van der Waals surface area contributed by atoms with E-state index in [1.54, 1.807) is 19.0 Å². The van der Waals surface area contributed by atoms with E-state index < -0.39 is 21.1 Å². The highest BCUT2D eigenvalue weighted by Gasteiger charge is 2.31. The molecular weight excluding hydrogens is 527 g/mol. The van der Waals surface area contributed by atoms with Crippen molar-refractivity contribution in [3.05, 3.63) is 41.2 Å². The van der Waals surface area contributed by atoms with Gasteiger partial charge < -0.3 is 19.4 Å². The second-order valence-corrected chi connectivity index (χ2v) is 11.5. The summed E-state index contributed by atoms with van der Waals surface area (Å²) in [6, 6.07) is 5.50. The maximum atomic E-state index is 13.3. The van der Waals surface area contributed by atoms with Crippen molar-refractivity contribution in [1.29, 1.82) is 0 Å². The lowest BCUT2D eigenvalue weighted by atomic mass is 10.1. The number of ether oxygens (including phenoxy) is 1. The van der Waals surface area contributed by atoms with Gasteiger partial charge in [-0.25, -0.2) is 18.2 Å². The highest BCUT2D eigenvalue weighted by Crippen LogP contribution is 2.21. The number of thiazole rings is 1. The Kier molecular flexibility index (Phi) is 8.36. The normalized spacial score (nSPS) is 19.1. The van der Waals surface area contributed by atoms with E-state index in [2.05, 4.69) is 15.5 Å². The number of carbonyl (C=O) groups is 2. The first-order valence-electron chi connectivity index (χ1n) is 11.5. The van der Waals surface area contributed by atoms with Crippen LogP contribution in [0.25, 0.3) is 0 Å². The fourth-order valence-corrected chi connectivity index (χ4v) is 5.71. The molecule has 1 aromatic carbocycles. The van der Waals surface area contributed by atoms with Crippen molar-refractivity contribution in [2.24, 2.45) is 5.16 Å². The van der Waals surface area contributed by atoms with E-state index in [9.17, 15) is 22.4 Å². The number of sulfonamides is 1. The Labute approximate surface area is 217 Å². The Bertz CT molecular complexity index is 1250. The lowest BCUT2D eigenvalue weighted by molar-refractivity contribution is -0.110. The zero-order chi connectivity index (χ0) is 26.6. The van der Waals surface area contributed by atoms with E-state index in [1.807, 2.05) is 0 Å². The Morgan fingerprint density at radius 3 is 2.49 bits per heavy atom. The number of hydrogen-bond acceptors (Lipinski definition) is 9. The molecule has 1 atom stereocenters. The molecule has 12 nitrogen and oxygen atoms in total. The molecule has 3 amide bonds. The van der Waals surface area contributed by atoms with Gasteiger partial charge in [-0.2, -0.15) is 8.70 Å². The molecule has 2 aromatic rings. The number of oxime groups is 1. The molecule has 0 aliphatic carbocycles. The molecular formula is C22H27FN6O6S2. The van der Waals surface area contributed by atoms with Gasteiger partial charge in [0, 0.05) is 52.3 Å². The van der Waals surface area contributed by atoms with E-state index in [0.717, 1.165) is 6.20 Å². The monoisotopic (exact) mass is 554 g/mol. The van der Waals surface area contributed by atoms with Crippen molar-refractivity contribution in [2.75, 3.05) is 58.8 Å². The highest BCUT2D eigenvalue weighted by molar-refractivity contribution is 7.89. The molecule has 0 unspecified atom stereocenters. The van der Waals surface area contributed by atoms with Gasteiger partial charge in [0.2, 0.25) is 10.0 Å². The van der Waals surface area contributed by atoms with Crippen LogP contribution in [0, 0.1) is 5.13 Å². The molecule has 2 aliphatic heterocycles. The number of benzene rings is 1. The summed E-state index contributed by atoms with van der Waals surface area (Å²) in [6.45, 7) is 1.75. The molecule has 15 heteroatoms. The molecule has 1 aromatic heterocycles. The Hall–Kier alpha value is -3.14. The summed E-state index contributed by atoms with van der Waals surface area (Å²) in [4.78, 5) is 37.4. The number of rotatable bonds is 7.